The summed E-state index contributed by atoms with van der Waals surface area (Å²) >= 11 is 9.01. The number of hydrogen-bond donors (Lipinski definition) is 1. The lowest BCUT2D eigenvalue weighted by molar-refractivity contribution is 0.598. The minimum Gasteiger partial charge on any atom is -0.276 e. The first kappa shape index (κ1) is 15.2. The molecule has 0 spiro atoms. The molecule has 0 aliphatic rings. The van der Waals surface area contributed by atoms with Gasteiger partial charge in [-0.05, 0) is 52.7 Å². The number of rotatable bonds is 3. The third-order valence-electron chi connectivity index (χ3n) is 2.48. The monoisotopic (exact) mass is 378 g/mol. The largest absolute Gasteiger partial charge is 0.276 e. The van der Waals surface area contributed by atoms with E-state index in [1.807, 2.05) is 0 Å². The van der Waals surface area contributed by atoms with Gasteiger partial charge in [0.1, 0.15) is 5.82 Å². The van der Waals surface area contributed by atoms with Gasteiger partial charge < -0.3 is 0 Å². The van der Waals surface area contributed by atoms with Crippen LogP contribution in [0.25, 0.3) is 0 Å². The minimum absolute atomic E-state index is 0.0186. The number of nitrogens with one attached hydrogen (secondary N) is 1. The predicted molar refractivity (Wildman–Crippen MR) is 78.9 cm³/mol. The first-order chi connectivity index (χ1) is 9.29. The van der Waals surface area contributed by atoms with E-state index in [0.717, 1.165) is 12.1 Å². The molecule has 8 heteroatoms. The molecule has 0 atom stereocenters. The second-order valence-corrected chi connectivity index (χ2v) is 6.93. The summed E-state index contributed by atoms with van der Waals surface area (Å²) < 4.78 is 40.5. The van der Waals surface area contributed by atoms with Gasteiger partial charge >= 0.3 is 0 Å². The Bertz CT molecular complexity index is 768. The zero-order chi connectivity index (χ0) is 14.9. The summed E-state index contributed by atoms with van der Waals surface area (Å²) in [5.41, 5.74) is 0.446. The van der Waals surface area contributed by atoms with E-state index in [-0.39, 0.29) is 15.7 Å². The normalized spacial score (nSPS) is 11.4. The Morgan fingerprint density at radius 2 is 2.05 bits per heavy atom. The van der Waals surface area contributed by atoms with Crippen molar-refractivity contribution in [2.45, 2.75) is 11.8 Å². The minimum atomic E-state index is -3.86. The number of aromatic nitrogens is 1. The van der Waals surface area contributed by atoms with Crippen LogP contribution >= 0.6 is 27.5 Å². The number of benzene rings is 1. The molecule has 0 radical (unpaired) electrons. The number of pyridine rings is 1. The van der Waals surface area contributed by atoms with Gasteiger partial charge in [0.15, 0.2) is 5.15 Å². The van der Waals surface area contributed by atoms with Crippen LogP contribution in [0.2, 0.25) is 5.15 Å². The van der Waals surface area contributed by atoms with Crippen molar-refractivity contribution in [1.29, 1.82) is 0 Å². The number of anilines is 1. The quantitative estimate of drug-likeness (QED) is 0.826. The average molecular weight is 380 g/mol. The van der Waals surface area contributed by atoms with E-state index in [2.05, 4.69) is 25.6 Å². The smallest absolute Gasteiger partial charge is 0.262 e. The van der Waals surface area contributed by atoms with Crippen LogP contribution in [-0.4, -0.2) is 13.4 Å². The van der Waals surface area contributed by atoms with Crippen molar-refractivity contribution in [3.05, 3.63) is 51.5 Å². The van der Waals surface area contributed by atoms with Crippen LogP contribution < -0.4 is 4.72 Å². The molecule has 20 heavy (non-hydrogen) atoms. The summed E-state index contributed by atoms with van der Waals surface area (Å²) in [4.78, 5) is 3.81. The van der Waals surface area contributed by atoms with Gasteiger partial charge in [-0.3, -0.25) is 4.72 Å². The molecule has 0 aliphatic heterocycles. The van der Waals surface area contributed by atoms with Gasteiger partial charge in [0.2, 0.25) is 0 Å². The van der Waals surface area contributed by atoms with Gasteiger partial charge in [0.05, 0.1) is 10.6 Å². The van der Waals surface area contributed by atoms with Gasteiger partial charge in [0, 0.05) is 10.7 Å². The number of aryl methyl sites for hydroxylation is 1. The van der Waals surface area contributed by atoms with E-state index in [1.165, 1.54) is 25.3 Å². The fourth-order valence-corrected chi connectivity index (χ4v) is 3.43. The zero-order valence-corrected chi connectivity index (χ0v) is 13.4. The average Bonchev–Trinajstić information content (AvgIpc) is 2.33. The molecule has 1 aromatic carbocycles. The first-order valence-electron chi connectivity index (χ1n) is 5.39. The Balaban J connectivity index is 2.43. The van der Waals surface area contributed by atoms with Gasteiger partial charge in [0.25, 0.3) is 10.0 Å². The van der Waals surface area contributed by atoms with Crippen LogP contribution in [0, 0.1) is 12.7 Å². The fourth-order valence-electron chi connectivity index (χ4n) is 1.61. The summed E-state index contributed by atoms with van der Waals surface area (Å²) in [6, 6.07) is 4.93. The van der Waals surface area contributed by atoms with Gasteiger partial charge in [-0.2, -0.15) is 0 Å². The molecule has 4 nitrogen and oxygen atoms in total. The molecule has 0 saturated carbocycles. The van der Waals surface area contributed by atoms with E-state index in [9.17, 15) is 12.8 Å². The number of nitrogens with zero attached hydrogens (tertiary/aromatic N) is 1. The van der Waals surface area contributed by atoms with Crippen molar-refractivity contribution in [3.8, 4) is 0 Å². The van der Waals surface area contributed by atoms with Crippen molar-refractivity contribution >= 4 is 43.2 Å². The molecule has 1 aromatic heterocycles. The van der Waals surface area contributed by atoms with E-state index < -0.39 is 15.8 Å². The van der Waals surface area contributed by atoms with Crippen molar-refractivity contribution in [2.24, 2.45) is 0 Å². The maximum Gasteiger partial charge on any atom is 0.262 e. The standard InChI is InChI=1S/C12H9BrClFN2O2S/c1-7-4-9(15)2-3-11(7)20(18,19)17-10-5-8(13)6-16-12(10)14/h2-6,17H,1H3. The van der Waals surface area contributed by atoms with Crippen molar-refractivity contribution < 1.29 is 12.8 Å². The molecule has 0 fully saturated rings. The molecular formula is C12H9BrClFN2O2S. The Labute approximate surface area is 129 Å². The Kier molecular flexibility index (Phi) is 4.31. The van der Waals surface area contributed by atoms with E-state index in [1.54, 1.807) is 0 Å². The highest BCUT2D eigenvalue weighted by atomic mass is 79.9. The molecular weight excluding hydrogens is 371 g/mol. The second kappa shape index (κ2) is 5.67. The summed E-state index contributed by atoms with van der Waals surface area (Å²) in [6.07, 6.45) is 1.45. The highest BCUT2D eigenvalue weighted by molar-refractivity contribution is 9.10. The third-order valence-corrected chi connectivity index (χ3v) is 4.74. The summed E-state index contributed by atoms with van der Waals surface area (Å²) in [7, 11) is -3.86. The lowest BCUT2D eigenvalue weighted by Gasteiger charge is -2.11. The highest BCUT2D eigenvalue weighted by Gasteiger charge is 2.19. The molecule has 0 aliphatic carbocycles. The topological polar surface area (TPSA) is 59.1 Å². The van der Waals surface area contributed by atoms with Crippen LogP contribution in [0.15, 0.2) is 39.8 Å². The Morgan fingerprint density at radius 3 is 2.70 bits per heavy atom. The number of hydrogen-bond acceptors (Lipinski definition) is 3. The summed E-state index contributed by atoms with van der Waals surface area (Å²) in [5, 5.41) is 0.0246. The molecule has 2 aromatic rings. The van der Waals surface area contributed by atoms with Gasteiger partial charge in [-0.15, -0.1) is 0 Å². The predicted octanol–water partition coefficient (Wildman–Crippen LogP) is 3.75. The van der Waals surface area contributed by atoms with Gasteiger partial charge in [-0.25, -0.2) is 17.8 Å². The van der Waals surface area contributed by atoms with Crippen LogP contribution in [0.3, 0.4) is 0 Å². The lowest BCUT2D eigenvalue weighted by Crippen LogP contribution is -2.15. The molecule has 0 amide bonds. The van der Waals surface area contributed by atoms with Crippen molar-refractivity contribution in [3.63, 3.8) is 0 Å². The van der Waals surface area contributed by atoms with E-state index >= 15 is 0 Å². The maximum absolute atomic E-state index is 13.0. The fraction of sp³-hybridized carbons (Fsp3) is 0.0833. The number of sulfonamides is 1. The lowest BCUT2D eigenvalue weighted by atomic mass is 10.2. The molecule has 0 unspecified atom stereocenters. The summed E-state index contributed by atoms with van der Waals surface area (Å²) in [6.45, 7) is 1.51. The van der Waals surface area contributed by atoms with E-state index in [4.69, 9.17) is 11.6 Å². The third kappa shape index (κ3) is 3.28. The molecule has 1 N–H and O–H groups in total. The van der Waals surface area contributed by atoms with Gasteiger partial charge in [-0.1, -0.05) is 11.6 Å². The maximum atomic E-state index is 13.0. The van der Waals surface area contributed by atoms with Crippen molar-refractivity contribution in [2.75, 3.05) is 4.72 Å². The second-order valence-electron chi connectivity index (χ2n) is 4.01. The molecule has 1 heterocycles. The zero-order valence-electron chi connectivity index (χ0n) is 10.2. The van der Waals surface area contributed by atoms with Crippen LogP contribution in [0.5, 0.6) is 0 Å². The molecule has 0 bridgehead atoms. The number of halogens is 3. The van der Waals surface area contributed by atoms with E-state index in [0.29, 0.717) is 10.0 Å². The molecule has 0 saturated heterocycles. The summed E-state index contributed by atoms with van der Waals surface area (Å²) in [5.74, 6) is -0.497. The first-order valence-corrected chi connectivity index (χ1v) is 8.05. The van der Waals surface area contributed by atoms with Crippen LogP contribution in [0.1, 0.15) is 5.56 Å². The SMILES string of the molecule is Cc1cc(F)ccc1S(=O)(=O)Nc1cc(Br)cnc1Cl. The van der Waals surface area contributed by atoms with Crippen LogP contribution in [-0.2, 0) is 10.0 Å². The Morgan fingerprint density at radius 1 is 1.35 bits per heavy atom. The van der Waals surface area contributed by atoms with Crippen molar-refractivity contribution in [1.82, 2.24) is 4.98 Å². The molecule has 106 valence electrons. The Hall–Kier alpha value is -1.18. The van der Waals surface area contributed by atoms with Crippen LogP contribution in [0.4, 0.5) is 10.1 Å². The molecule has 2 rings (SSSR count). The highest BCUT2D eigenvalue weighted by Crippen LogP contribution is 2.26.